The molecule has 3 fully saturated rings. The van der Waals surface area contributed by atoms with Crippen molar-refractivity contribution in [1.29, 1.82) is 0 Å². The smallest absolute Gasteiger partial charge is 0.100 e. The zero-order valence-electron chi connectivity index (χ0n) is 9.50. The second kappa shape index (κ2) is 3.02. The Morgan fingerprint density at radius 2 is 1.67 bits per heavy atom. The summed E-state index contributed by atoms with van der Waals surface area (Å²) in [6.07, 6.45) is 1.31. The van der Waals surface area contributed by atoms with Crippen LogP contribution in [0.2, 0.25) is 10.0 Å². The third kappa shape index (κ3) is 1.01. The average Bonchev–Trinajstić information content (AvgIpc) is 2.87. The van der Waals surface area contributed by atoms with Gasteiger partial charge in [0.1, 0.15) is 12.1 Å². The first-order valence-electron chi connectivity index (χ1n) is 6.39. The van der Waals surface area contributed by atoms with Gasteiger partial charge in [-0.25, -0.2) is 0 Å². The molecule has 2 heterocycles. The zero-order valence-corrected chi connectivity index (χ0v) is 11.0. The highest BCUT2D eigenvalue weighted by atomic mass is 35.5. The van der Waals surface area contributed by atoms with Crippen molar-refractivity contribution in [2.24, 2.45) is 22.1 Å². The lowest BCUT2D eigenvalue weighted by molar-refractivity contribution is 0.315. The fraction of sp³-hybridized carbons (Fsp3) is 0.538. The molecule has 0 unspecified atom stereocenters. The maximum atomic E-state index is 6.10. The van der Waals surface area contributed by atoms with Crippen LogP contribution in [0.15, 0.2) is 28.4 Å². The van der Waals surface area contributed by atoms with Gasteiger partial charge in [-0.2, -0.15) is 10.2 Å². The normalized spacial score (nSPS) is 45.8. The van der Waals surface area contributed by atoms with Crippen LogP contribution in [0.1, 0.15) is 6.42 Å². The van der Waals surface area contributed by atoms with E-state index in [0.29, 0.717) is 34.2 Å². The molecule has 5 heteroatoms. The van der Waals surface area contributed by atoms with E-state index < -0.39 is 0 Å². The molecule has 1 aromatic rings. The summed E-state index contributed by atoms with van der Waals surface area (Å²) in [6.45, 7) is 0. The Bertz CT molecular complexity index is 564. The highest BCUT2D eigenvalue weighted by molar-refractivity contribution is 6.42. The van der Waals surface area contributed by atoms with Crippen molar-refractivity contribution in [2.75, 3.05) is 4.90 Å². The predicted octanol–water partition coefficient (Wildman–Crippen LogP) is 3.40. The minimum atomic E-state index is 0.518. The molecule has 2 saturated carbocycles. The minimum Gasteiger partial charge on any atom is -0.361 e. The topological polar surface area (TPSA) is 27.7 Å². The molecule has 0 N–H and O–H groups in total. The van der Waals surface area contributed by atoms with E-state index in [-0.39, 0.29) is 0 Å². The molecule has 1 aromatic carbocycles. The van der Waals surface area contributed by atoms with Crippen LogP contribution in [-0.4, -0.2) is 24.2 Å². The SMILES string of the molecule is Clc1ccc(N2[C@@H]3[C@@H]4C[C@@H]([C@H]5N=N[C@@H]45)[C@@H]32)cc1Cl. The summed E-state index contributed by atoms with van der Waals surface area (Å²) < 4.78 is 0. The largest absolute Gasteiger partial charge is 0.361 e. The molecule has 2 aliphatic carbocycles. The zero-order chi connectivity index (χ0) is 12.0. The highest BCUT2D eigenvalue weighted by Gasteiger charge is 2.72. The summed E-state index contributed by atoms with van der Waals surface area (Å²) in [6, 6.07) is 8.33. The first kappa shape index (κ1) is 10.0. The molecule has 6 atom stereocenters. The fourth-order valence-electron chi connectivity index (χ4n) is 4.35. The predicted molar refractivity (Wildman–Crippen MR) is 70.5 cm³/mol. The Morgan fingerprint density at radius 1 is 1.00 bits per heavy atom. The maximum Gasteiger partial charge on any atom is 0.100 e. The van der Waals surface area contributed by atoms with E-state index in [1.807, 2.05) is 12.1 Å². The number of fused-ring (bicyclic) bond motifs is 8. The third-order valence-corrected chi connectivity index (χ3v) is 5.83. The molecule has 92 valence electrons. The van der Waals surface area contributed by atoms with Gasteiger partial charge in [-0.05, 0) is 24.6 Å². The van der Waals surface area contributed by atoms with Gasteiger partial charge < -0.3 is 4.90 Å². The van der Waals surface area contributed by atoms with E-state index in [0.717, 1.165) is 11.8 Å². The van der Waals surface area contributed by atoms with Gasteiger partial charge in [0, 0.05) is 17.5 Å². The first-order chi connectivity index (χ1) is 8.75. The van der Waals surface area contributed by atoms with Crippen molar-refractivity contribution < 1.29 is 0 Å². The lowest BCUT2D eigenvalue weighted by Crippen LogP contribution is -2.39. The number of azo groups is 1. The second-order valence-corrected chi connectivity index (χ2v) is 6.58. The number of benzene rings is 1. The Balaban J connectivity index is 1.50. The van der Waals surface area contributed by atoms with Crippen molar-refractivity contribution in [3.05, 3.63) is 28.2 Å². The Labute approximate surface area is 115 Å². The van der Waals surface area contributed by atoms with Crippen molar-refractivity contribution >= 4 is 28.9 Å². The fourth-order valence-corrected chi connectivity index (χ4v) is 4.64. The molecule has 2 aliphatic heterocycles. The summed E-state index contributed by atoms with van der Waals surface area (Å²) in [7, 11) is 0. The molecule has 2 bridgehead atoms. The molecule has 4 aliphatic rings. The number of nitrogens with zero attached hydrogens (tertiary/aromatic N) is 3. The molecule has 0 aromatic heterocycles. The second-order valence-electron chi connectivity index (χ2n) is 5.76. The molecular formula is C13H11Cl2N3. The summed E-state index contributed by atoms with van der Waals surface area (Å²) in [5.74, 6) is 1.44. The number of halogens is 2. The van der Waals surface area contributed by atoms with Crippen LogP contribution in [0.3, 0.4) is 0 Å². The molecule has 5 rings (SSSR count). The van der Waals surface area contributed by atoms with Crippen molar-refractivity contribution in [1.82, 2.24) is 0 Å². The van der Waals surface area contributed by atoms with Crippen LogP contribution in [0.25, 0.3) is 0 Å². The summed E-state index contributed by atoms with van der Waals surface area (Å²) in [4.78, 5) is 2.49. The van der Waals surface area contributed by atoms with E-state index in [2.05, 4.69) is 21.2 Å². The third-order valence-electron chi connectivity index (χ3n) is 5.09. The van der Waals surface area contributed by atoms with Crippen LogP contribution in [0.4, 0.5) is 5.69 Å². The van der Waals surface area contributed by atoms with E-state index in [9.17, 15) is 0 Å². The molecule has 0 radical (unpaired) electrons. The van der Waals surface area contributed by atoms with E-state index in [4.69, 9.17) is 23.2 Å². The summed E-state index contributed by atoms with van der Waals surface area (Å²) in [5, 5.41) is 9.87. The van der Waals surface area contributed by atoms with Gasteiger partial charge in [-0.1, -0.05) is 23.2 Å². The molecule has 0 amide bonds. The van der Waals surface area contributed by atoms with Crippen molar-refractivity contribution in [2.45, 2.75) is 30.6 Å². The van der Waals surface area contributed by atoms with Crippen LogP contribution in [0, 0.1) is 11.8 Å². The summed E-state index contributed by atoms with van der Waals surface area (Å²) in [5.41, 5.74) is 1.20. The molecule has 18 heavy (non-hydrogen) atoms. The average molecular weight is 280 g/mol. The molecule has 3 nitrogen and oxygen atoms in total. The van der Waals surface area contributed by atoms with Gasteiger partial charge in [-0.15, -0.1) is 0 Å². The Morgan fingerprint density at radius 3 is 2.22 bits per heavy atom. The number of rotatable bonds is 1. The van der Waals surface area contributed by atoms with E-state index >= 15 is 0 Å². The Hall–Kier alpha value is -0.800. The Kier molecular flexibility index (Phi) is 1.69. The van der Waals surface area contributed by atoms with Crippen molar-refractivity contribution in [3.63, 3.8) is 0 Å². The van der Waals surface area contributed by atoms with Gasteiger partial charge in [0.25, 0.3) is 0 Å². The minimum absolute atomic E-state index is 0.518. The standard InChI is InChI=1S/C13H11Cl2N3/c14-8-2-1-5(3-9(8)15)18-12-6-4-7(13(12)18)11-10(6)16-17-11/h1-3,6-7,10-13H,4H2/t6-,7+,10+,11-,12-,13+,18?. The molecule has 0 spiro atoms. The van der Waals surface area contributed by atoms with Crippen LogP contribution in [-0.2, 0) is 0 Å². The number of hydrogen-bond acceptors (Lipinski definition) is 3. The van der Waals surface area contributed by atoms with E-state index in [1.54, 1.807) is 0 Å². The first-order valence-corrected chi connectivity index (χ1v) is 7.14. The van der Waals surface area contributed by atoms with Crippen LogP contribution in [0.5, 0.6) is 0 Å². The number of anilines is 1. The van der Waals surface area contributed by atoms with Gasteiger partial charge in [0.15, 0.2) is 0 Å². The van der Waals surface area contributed by atoms with Crippen LogP contribution >= 0.6 is 23.2 Å². The van der Waals surface area contributed by atoms with Crippen molar-refractivity contribution in [3.8, 4) is 0 Å². The van der Waals surface area contributed by atoms with Gasteiger partial charge in [0.2, 0.25) is 0 Å². The maximum absolute atomic E-state index is 6.10. The highest BCUT2D eigenvalue weighted by Crippen LogP contribution is 2.63. The van der Waals surface area contributed by atoms with Gasteiger partial charge in [-0.3, -0.25) is 0 Å². The molecular weight excluding hydrogens is 269 g/mol. The summed E-state index contributed by atoms with van der Waals surface area (Å²) >= 11 is 12.1. The van der Waals surface area contributed by atoms with Crippen LogP contribution < -0.4 is 4.90 Å². The van der Waals surface area contributed by atoms with Gasteiger partial charge in [0.05, 0.1) is 22.1 Å². The lowest BCUT2D eigenvalue weighted by atomic mass is 9.90. The monoisotopic (exact) mass is 279 g/mol. The quantitative estimate of drug-likeness (QED) is 0.724. The lowest BCUT2D eigenvalue weighted by Gasteiger charge is -2.27. The molecule has 1 saturated heterocycles. The van der Waals surface area contributed by atoms with E-state index in [1.165, 1.54) is 12.1 Å². The number of piperidine rings is 1. The number of hydrogen-bond donors (Lipinski definition) is 0. The van der Waals surface area contributed by atoms with Gasteiger partial charge >= 0.3 is 0 Å².